The lowest BCUT2D eigenvalue weighted by Gasteiger charge is -2.22. The topological polar surface area (TPSA) is 209 Å². The molecule has 0 radical (unpaired) electrons. The maximum absolute atomic E-state index is 11.5. The molecule has 2 aromatic rings. The third kappa shape index (κ3) is 5.07. The molecule has 0 amide bonds. The Bertz CT molecular complexity index is 1230. The zero-order valence-electron chi connectivity index (χ0n) is 15.7. The van der Waals surface area contributed by atoms with Gasteiger partial charge in [-0.05, 0) is 49.9 Å². The minimum absolute atomic E-state index is 0.0995. The Kier molecular flexibility index (Phi) is 6.13. The van der Waals surface area contributed by atoms with Gasteiger partial charge >= 0.3 is 5.97 Å². The molecule has 0 unspecified atom stereocenters. The molecule has 1 saturated carbocycles. The summed E-state index contributed by atoms with van der Waals surface area (Å²) in [6.45, 7) is 0. The van der Waals surface area contributed by atoms with E-state index in [1.54, 1.807) is 0 Å². The van der Waals surface area contributed by atoms with E-state index in [0.29, 0.717) is 12.8 Å². The highest BCUT2D eigenvalue weighted by atomic mass is 32.2. The quantitative estimate of drug-likeness (QED) is 0.352. The molecule has 0 spiro atoms. The van der Waals surface area contributed by atoms with E-state index in [4.69, 9.17) is 9.11 Å². The van der Waals surface area contributed by atoms with Crippen LogP contribution in [0.5, 0.6) is 5.88 Å². The molecular formula is C16H18N4O9S2. The lowest BCUT2D eigenvalue weighted by atomic mass is 9.96. The number of azo groups is 1. The maximum atomic E-state index is 11.5. The average molecular weight is 474 g/mol. The van der Waals surface area contributed by atoms with Gasteiger partial charge in [-0.3, -0.25) is 9.11 Å². The summed E-state index contributed by atoms with van der Waals surface area (Å²) < 4.78 is 63.6. The SMILES string of the molecule is O=C(O)c1nn(-c2ccc(S(=O)(=O)O)cc2)c(O)c1N=NC1CCC(S(=O)(=O)O)CC1. The molecule has 0 bridgehead atoms. The fraction of sp³-hybridized carbons (Fsp3) is 0.375. The van der Waals surface area contributed by atoms with Crippen molar-refractivity contribution in [2.24, 2.45) is 10.2 Å². The van der Waals surface area contributed by atoms with Crippen LogP contribution in [0.3, 0.4) is 0 Å². The van der Waals surface area contributed by atoms with E-state index in [1.807, 2.05) is 0 Å². The summed E-state index contributed by atoms with van der Waals surface area (Å²) >= 11 is 0. The summed E-state index contributed by atoms with van der Waals surface area (Å²) in [5.41, 5.74) is -0.933. The zero-order valence-corrected chi connectivity index (χ0v) is 17.4. The predicted octanol–water partition coefficient (Wildman–Crippen LogP) is 1.81. The molecule has 4 N–H and O–H groups in total. The Hall–Kier alpha value is -2.88. The number of carboxylic acid groups (broad SMARTS) is 1. The molecule has 0 saturated heterocycles. The number of aromatic hydroxyl groups is 1. The normalized spacial score (nSPS) is 20.2. The Morgan fingerprint density at radius 2 is 1.61 bits per heavy atom. The molecule has 0 atom stereocenters. The average Bonchev–Trinajstić information content (AvgIpc) is 3.02. The van der Waals surface area contributed by atoms with Gasteiger partial charge in [-0.2, -0.15) is 31.7 Å². The Morgan fingerprint density at radius 1 is 1.03 bits per heavy atom. The van der Waals surface area contributed by atoms with Gasteiger partial charge in [0.2, 0.25) is 11.6 Å². The van der Waals surface area contributed by atoms with Crippen LogP contribution in [0.4, 0.5) is 5.69 Å². The van der Waals surface area contributed by atoms with Crippen molar-refractivity contribution in [2.45, 2.75) is 41.9 Å². The number of hydrogen-bond donors (Lipinski definition) is 4. The van der Waals surface area contributed by atoms with Crippen LogP contribution in [0.2, 0.25) is 0 Å². The molecule has 1 heterocycles. The summed E-state index contributed by atoms with van der Waals surface area (Å²) in [6, 6.07) is 4.04. The molecule has 1 aliphatic rings. The minimum atomic E-state index is -4.44. The van der Waals surface area contributed by atoms with E-state index < -0.39 is 59.7 Å². The van der Waals surface area contributed by atoms with Crippen LogP contribution in [-0.2, 0) is 20.2 Å². The van der Waals surface area contributed by atoms with Gasteiger partial charge in [0.05, 0.1) is 21.9 Å². The summed E-state index contributed by atoms with van der Waals surface area (Å²) in [5, 5.41) is 30.5. The van der Waals surface area contributed by atoms with Gasteiger partial charge in [0.15, 0.2) is 5.69 Å². The first-order chi connectivity index (χ1) is 14.4. The van der Waals surface area contributed by atoms with Crippen molar-refractivity contribution in [1.29, 1.82) is 0 Å². The van der Waals surface area contributed by atoms with Gasteiger partial charge in [-0.15, -0.1) is 5.11 Å². The smallest absolute Gasteiger partial charge is 0.358 e. The van der Waals surface area contributed by atoms with Crippen LogP contribution in [0.1, 0.15) is 36.2 Å². The second-order valence-corrected chi connectivity index (χ2v) is 9.99. The number of carbonyl (C=O) groups is 1. The molecular weight excluding hydrogens is 456 g/mol. The highest BCUT2D eigenvalue weighted by molar-refractivity contribution is 7.86. The van der Waals surface area contributed by atoms with Crippen LogP contribution in [-0.4, -0.2) is 63.2 Å². The molecule has 0 aliphatic heterocycles. The van der Waals surface area contributed by atoms with Crippen molar-refractivity contribution < 1.29 is 40.9 Å². The van der Waals surface area contributed by atoms with Crippen molar-refractivity contribution in [2.75, 3.05) is 0 Å². The number of benzene rings is 1. The third-order valence-corrected chi connectivity index (χ3v) is 6.99. The Balaban J connectivity index is 1.87. The lowest BCUT2D eigenvalue weighted by Crippen LogP contribution is -2.27. The molecule has 31 heavy (non-hydrogen) atoms. The minimum Gasteiger partial charge on any atom is -0.492 e. The summed E-state index contributed by atoms with van der Waals surface area (Å²) in [7, 11) is -8.57. The lowest BCUT2D eigenvalue weighted by molar-refractivity contribution is 0.0690. The van der Waals surface area contributed by atoms with Gasteiger partial charge in [0.1, 0.15) is 0 Å². The first-order valence-electron chi connectivity index (χ1n) is 8.88. The van der Waals surface area contributed by atoms with Gasteiger partial charge in [-0.1, -0.05) is 0 Å². The maximum Gasteiger partial charge on any atom is 0.358 e. The standard InChI is InChI=1S/C16H18N4O9S2/c21-15-13(18-17-9-1-5-11(6-2-9)30(24,25)26)14(16(22)23)19-20(15)10-3-7-12(8-4-10)31(27,28)29/h3-4,7-9,11,21H,1-2,5-6H2,(H,22,23)(H,24,25,26)(H,27,28,29). The van der Waals surface area contributed by atoms with Crippen LogP contribution in [0, 0.1) is 0 Å². The van der Waals surface area contributed by atoms with Crippen molar-refractivity contribution in [3.63, 3.8) is 0 Å². The molecule has 1 aromatic heterocycles. The molecule has 1 aliphatic carbocycles. The Morgan fingerprint density at radius 3 is 2.10 bits per heavy atom. The fourth-order valence-electron chi connectivity index (χ4n) is 3.17. The monoisotopic (exact) mass is 474 g/mol. The van der Waals surface area contributed by atoms with Crippen LogP contribution < -0.4 is 0 Å². The number of aromatic nitrogens is 2. The first-order valence-corrected chi connectivity index (χ1v) is 11.8. The van der Waals surface area contributed by atoms with Gasteiger partial charge in [-0.25, -0.2) is 4.79 Å². The largest absolute Gasteiger partial charge is 0.492 e. The summed E-state index contributed by atoms with van der Waals surface area (Å²) in [6.07, 6.45) is 0.921. The van der Waals surface area contributed by atoms with Crippen molar-refractivity contribution in [3.05, 3.63) is 30.0 Å². The van der Waals surface area contributed by atoms with E-state index in [9.17, 15) is 31.8 Å². The molecule has 15 heteroatoms. The molecule has 1 fully saturated rings. The second-order valence-electron chi connectivity index (χ2n) is 6.87. The van der Waals surface area contributed by atoms with E-state index in [0.717, 1.165) is 16.8 Å². The van der Waals surface area contributed by atoms with Gasteiger partial charge in [0.25, 0.3) is 20.2 Å². The zero-order chi connectivity index (χ0) is 23.0. The summed E-state index contributed by atoms with van der Waals surface area (Å²) in [5.74, 6) is -2.15. The van der Waals surface area contributed by atoms with Gasteiger partial charge in [0, 0.05) is 0 Å². The second kappa shape index (κ2) is 8.33. The number of carboxylic acids is 1. The number of rotatable bonds is 6. The first kappa shape index (κ1) is 22.8. The number of hydrogen-bond acceptors (Lipinski definition) is 9. The van der Waals surface area contributed by atoms with Crippen LogP contribution >= 0.6 is 0 Å². The van der Waals surface area contributed by atoms with E-state index in [2.05, 4.69) is 15.3 Å². The van der Waals surface area contributed by atoms with E-state index in [-0.39, 0.29) is 18.5 Å². The van der Waals surface area contributed by atoms with Gasteiger partial charge < -0.3 is 10.2 Å². The van der Waals surface area contributed by atoms with Crippen molar-refractivity contribution in [3.8, 4) is 11.6 Å². The third-order valence-electron chi connectivity index (χ3n) is 4.80. The van der Waals surface area contributed by atoms with Crippen molar-refractivity contribution >= 4 is 31.9 Å². The van der Waals surface area contributed by atoms with Crippen LogP contribution in [0.25, 0.3) is 5.69 Å². The predicted molar refractivity (Wildman–Crippen MR) is 104 cm³/mol. The van der Waals surface area contributed by atoms with Crippen LogP contribution in [0.15, 0.2) is 39.4 Å². The highest BCUT2D eigenvalue weighted by Gasteiger charge is 2.30. The molecule has 1 aromatic carbocycles. The molecule has 13 nitrogen and oxygen atoms in total. The highest BCUT2D eigenvalue weighted by Crippen LogP contribution is 2.35. The van der Waals surface area contributed by atoms with E-state index in [1.165, 1.54) is 12.1 Å². The molecule has 3 rings (SSSR count). The van der Waals surface area contributed by atoms with E-state index >= 15 is 0 Å². The fourth-order valence-corrected chi connectivity index (χ4v) is 4.52. The number of aromatic carboxylic acids is 1. The Labute approximate surface area is 176 Å². The van der Waals surface area contributed by atoms with Crippen molar-refractivity contribution in [1.82, 2.24) is 9.78 Å². The summed E-state index contributed by atoms with van der Waals surface area (Å²) in [4.78, 5) is 11.1. The molecule has 168 valence electrons. The number of nitrogens with zero attached hydrogens (tertiary/aromatic N) is 4.